The van der Waals surface area contributed by atoms with Gasteiger partial charge >= 0.3 is 0 Å². The molecule has 0 fully saturated rings. The Morgan fingerprint density at radius 2 is 2.05 bits per heavy atom. The van der Waals surface area contributed by atoms with Gasteiger partial charge in [-0.05, 0) is 5.75 Å². The fraction of sp³-hybridized carbons (Fsp3) is 0.308. The van der Waals surface area contributed by atoms with Gasteiger partial charge in [-0.15, -0.1) is 10.2 Å². The molecule has 100 valence electrons. The molecule has 0 saturated heterocycles. The van der Waals surface area contributed by atoms with Crippen molar-refractivity contribution in [2.75, 3.05) is 5.75 Å². The highest BCUT2D eigenvalue weighted by atomic mass is 32.1. The van der Waals surface area contributed by atoms with E-state index in [4.69, 9.17) is 0 Å². The molecule has 0 radical (unpaired) electrons. The number of amides is 1. The van der Waals surface area contributed by atoms with Crippen molar-refractivity contribution in [2.24, 2.45) is 7.05 Å². The van der Waals surface area contributed by atoms with Crippen molar-refractivity contribution in [1.29, 1.82) is 0 Å². The lowest BCUT2D eigenvalue weighted by Gasteiger charge is -2.05. The number of thiol groups is 1. The van der Waals surface area contributed by atoms with E-state index >= 15 is 0 Å². The van der Waals surface area contributed by atoms with Gasteiger partial charge in [0.05, 0.1) is 6.54 Å². The molecule has 0 unspecified atom stereocenters. The van der Waals surface area contributed by atoms with Crippen molar-refractivity contribution >= 4 is 18.5 Å². The molecule has 1 heterocycles. The Morgan fingerprint density at radius 1 is 1.32 bits per heavy atom. The van der Waals surface area contributed by atoms with Gasteiger partial charge in [-0.3, -0.25) is 4.79 Å². The zero-order valence-electron chi connectivity index (χ0n) is 10.7. The molecule has 0 aliphatic rings. The minimum Gasteiger partial charge on any atom is -0.349 e. The van der Waals surface area contributed by atoms with E-state index in [1.165, 1.54) is 0 Å². The number of hydrogen-bond acceptors (Lipinski definition) is 4. The summed E-state index contributed by atoms with van der Waals surface area (Å²) in [6, 6.07) is 9.83. The van der Waals surface area contributed by atoms with Crippen LogP contribution in [0.4, 0.5) is 0 Å². The first-order valence-electron chi connectivity index (χ1n) is 6.03. The highest BCUT2D eigenvalue weighted by molar-refractivity contribution is 7.80. The minimum absolute atomic E-state index is 0.0285. The first-order valence-corrected chi connectivity index (χ1v) is 6.67. The number of aromatic nitrogens is 3. The zero-order valence-corrected chi connectivity index (χ0v) is 11.6. The third kappa shape index (κ3) is 3.35. The molecule has 2 aromatic rings. The van der Waals surface area contributed by atoms with Gasteiger partial charge in [0.15, 0.2) is 11.6 Å². The van der Waals surface area contributed by atoms with E-state index in [1.807, 2.05) is 41.9 Å². The Morgan fingerprint density at radius 3 is 2.74 bits per heavy atom. The highest BCUT2D eigenvalue weighted by Gasteiger charge is 2.10. The highest BCUT2D eigenvalue weighted by Crippen LogP contribution is 2.16. The number of benzene rings is 1. The van der Waals surface area contributed by atoms with Gasteiger partial charge in [-0.2, -0.15) is 12.6 Å². The summed E-state index contributed by atoms with van der Waals surface area (Å²) in [5.74, 6) is 2.03. The molecule has 1 amide bonds. The van der Waals surface area contributed by atoms with Crippen molar-refractivity contribution < 1.29 is 4.79 Å². The largest absolute Gasteiger partial charge is 0.349 e. The molecule has 2 rings (SSSR count). The second-order valence-electron chi connectivity index (χ2n) is 4.12. The SMILES string of the molecule is Cn1c(CNC(=O)CCS)nnc1-c1ccccc1. The standard InChI is InChI=1S/C13H16N4OS/c1-17-11(9-14-12(18)7-8-19)15-16-13(17)10-5-3-2-4-6-10/h2-6,19H,7-9H2,1H3,(H,14,18). The lowest BCUT2D eigenvalue weighted by Crippen LogP contribution is -2.24. The first kappa shape index (κ1) is 13.6. The molecular weight excluding hydrogens is 260 g/mol. The van der Waals surface area contributed by atoms with Crippen LogP contribution >= 0.6 is 12.6 Å². The van der Waals surface area contributed by atoms with E-state index in [0.717, 1.165) is 17.2 Å². The summed E-state index contributed by atoms with van der Waals surface area (Å²) in [6.45, 7) is 0.378. The molecule has 0 atom stereocenters. The van der Waals surface area contributed by atoms with Crippen LogP contribution in [0.1, 0.15) is 12.2 Å². The topological polar surface area (TPSA) is 59.8 Å². The molecule has 0 aliphatic heterocycles. The van der Waals surface area contributed by atoms with Gasteiger partial charge in [0.1, 0.15) is 0 Å². The molecule has 1 aromatic heterocycles. The predicted molar refractivity (Wildman–Crippen MR) is 76.8 cm³/mol. The number of rotatable bonds is 5. The van der Waals surface area contributed by atoms with Crippen molar-refractivity contribution in [2.45, 2.75) is 13.0 Å². The number of nitrogens with one attached hydrogen (secondary N) is 1. The first-order chi connectivity index (χ1) is 9.22. The summed E-state index contributed by atoms with van der Waals surface area (Å²) in [6.07, 6.45) is 0.409. The monoisotopic (exact) mass is 276 g/mol. The summed E-state index contributed by atoms with van der Waals surface area (Å²) in [5, 5.41) is 11.1. The fourth-order valence-corrected chi connectivity index (χ4v) is 1.92. The average molecular weight is 276 g/mol. The molecule has 0 spiro atoms. The maximum absolute atomic E-state index is 11.4. The summed E-state index contributed by atoms with van der Waals surface area (Å²) < 4.78 is 1.89. The number of nitrogens with zero attached hydrogens (tertiary/aromatic N) is 3. The Bertz CT molecular complexity index is 553. The average Bonchev–Trinajstić information content (AvgIpc) is 2.79. The second-order valence-corrected chi connectivity index (χ2v) is 4.56. The van der Waals surface area contributed by atoms with Crippen molar-refractivity contribution in [3.05, 3.63) is 36.2 Å². The van der Waals surface area contributed by atoms with Gasteiger partial charge in [0.25, 0.3) is 0 Å². The summed E-state index contributed by atoms with van der Waals surface area (Å²) in [5.41, 5.74) is 1.01. The third-order valence-corrected chi connectivity index (χ3v) is 3.00. The maximum atomic E-state index is 11.4. The van der Waals surface area contributed by atoms with E-state index in [-0.39, 0.29) is 5.91 Å². The van der Waals surface area contributed by atoms with Crippen LogP contribution in [0.5, 0.6) is 0 Å². The summed E-state index contributed by atoms with van der Waals surface area (Å²) in [7, 11) is 1.89. The third-order valence-electron chi connectivity index (χ3n) is 2.78. The van der Waals surface area contributed by atoms with Crippen LogP contribution in [0.25, 0.3) is 11.4 Å². The van der Waals surface area contributed by atoms with E-state index < -0.39 is 0 Å². The normalized spacial score (nSPS) is 10.4. The van der Waals surface area contributed by atoms with Crippen molar-refractivity contribution in [3.63, 3.8) is 0 Å². The minimum atomic E-state index is -0.0285. The molecule has 6 heteroatoms. The number of hydrogen-bond donors (Lipinski definition) is 2. The van der Waals surface area contributed by atoms with Crippen LogP contribution in [-0.4, -0.2) is 26.4 Å². The Hall–Kier alpha value is -1.82. The maximum Gasteiger partial charge on any atom is 0.221 e. The molecule has 0 saturated carbocycles. The van der Waals surface area contributed by atoms with Gasteiger partial charge in [0.2, 0.25) is 5.91 Å². The Kier molecular flexibility index (Phi) is 4.57. The smallest absolute Gasteiger partial charge is 0.221 e. The molecule has 0 aliphatic carbocycles. The molecule has 5 nitrogen and oxygen atoms in total. The van der Waals surface area contributed by atoms with E-state index in [1.54, 1.807) is 0 Å². The predicted octanol–water partition coefficient (Wildman–Crippen LogP) is 1.42. The van der Waals surface area contributed by atoms with Gasteiger partial charge < -0.3 is 9.88 Å². The van der Waals surface area contributed by atoms with Gasteiger partial charge in [0, 0.05) is 19.0 Å². The summed E-state index contributed by atoms with van der Waals surface area (Å²) in [4.78, 5) is 11.4. The van der Waals surface area contributed by atoms with Crippen molar-refractivity contribution in [3.8, 4) is 11.4 Å². The van der Waals surface area contributed by atoms with E-state index in [9.17, 15) is 4.79 Å². The zero-order chi connectivity index (χ0) is 13.7. The van der Waals surface area contributed by atoms with E-state index in [2.05, 4.69) is 28.1 Å². The lowest BCUT2D eigenvalue weighted by atomic mass is 10.2. The van der Waals surface area contributed by atoms with Crippen LogP contribution in [0.3, 0.4) is 0 Å². The second kappa shape index (κ2) is 6.38. The molecule has 1 aromatic carbocycles. The van der Waals surface area contributed by atoms with Gasteiger partial charge in [-0.1, -0.05) is 30.3 Å². The summed E-state index contributed by atoms with van der Waals surface area (Å²) >= 11 is 4.02. The lowest BCUT2D eigenvalue weighted by molar-refractivity contribution is -0.120. The molecule has 1 N–H and O–H groups in total. The van der Waals surface area contributed by atoms with Crippen molar-refractivity contribution in [1.82, 2.24) is 20.1 Å². The number of carbonyl (C=O) groups is 1. The van der Waals surface area contributed by atoms with Crippen LogP contribution in [0, 0.1) is 0 Å². The Labute approximate surface area is 117 Å². The van der Waals surface area contributed by atoms with Crippen LogP contribution in [-0.2, 0) is 18.4 Å². The van der Waals surface area contributed by atoms with Crippen LogP contribution in [0.2, 0.25) is 0 Å². The Balaban J connectivity index is 2.09. The fourth-order valence-electron chi connectivity index (χ4n) is 1.72. The van der Waals surface area contributed by atoms with Crippen LogP contribution in [0.15, 0.2) is 30.3 Å². The van der Waals surface area contributed by atoms with E-state index in [0.29, 0.717) is 18.7 Å². The molecule has 0 bridgehead atoms. The molecule has 19 heavy (non-hydrogen) atoms. The quantitative estimate of drug-likeness (QED) is 0.812. The van der Waals surface area contributed by atoms with Gasteiger partial charge in [-0.25, -0.2) is 0 Å². The van der Waals surface area contributed by atoms with Crippen LogP contribution < -0.4 is 5.32 Å². The molecular formula is C13H16N4OS. The number of carbonyl (C=O) groups excluding carboxylic acids is 1.